The second kappa shape index (κ2) is 8.11. The first-order chi connectivity index (χ1) is 10.1. The summed E-state index contributed by atoms with van der Waals surface area (Å²) in [5.74, 6) is 0.220. The van der Waals surface area contributed by atoms with Gasteiger partial charge in [-0.3, -0.25) is 9.69 Å². The normalized spacial score (nSPS) is 26.8. The van der Waals surface area contributed by atoms with Crippen molar-refractivity contribution < 1.29 is 9.53 Å². The lowest BCUT2D eigenvalue weighted by atomic mass is 10.0. The van der Waals surface area contributed by atoms with Crippen LogP contribution >= 0.6 is 0 Å². The zero-order chi connectivity index (χ0) is 15.2. The van der Waals surface area contributed by atoms with Gasteiger partial charge in [-0.1, -0.05) is 13.3 Å². The molecule has 0 saturated carbocycles. The lowest BCUT2D eigenvalue weighted by Crippen LogP contribution is -2.54. The van der Waals surface area contributed by atoms with Crippen LogP contribution in [-0.4, -0.2) is 86.7 Å². The molecule has 0 unspecified atom stereocenters. The lowest BCUT2D eigenvalue weighted by Gasteiger charge is -2.40. The van der Waals surface area contributed by atoms with E-state index in [2.05, 4.69) is 16.8 Å². The second-order valence-electron chi connectivity index (χ2n) is 6.61. The Bertz CT molecular complexity index is 329. The van der Waals surface area contributed by atoms with Crippen molar-refractivity contribution in [3.05, 3.63) is 0 Å². The molecule has 122 valence electrons. The first-order valence-electron chi connectivity index (χ1n) is 8.32. The molecule has 0 radical (unpaired) electrons. The van der Waals surface area contributed by atoms with Gasteiger partial charge < -0.3 is 14.5 Å². The lowest BCUT2D eigenvalue weighted by molar-refractivity contribution is -0.138. The number of likely N-dealkylation sites (tertiary alicyclic amines) is 1. The fourth-order valence-corrected chi connectivity index (χ4v) is 3.46. The number of nitrogens with zero attached hydrogens (tertiary/aromatic N) is 3. The summed E-state index contributed by atoms with van der Waals surface area (Å²) in [6.45, 7) is 8.61. The van der Waals surface area contributed by atoms with E-state index in [0.29, 0.717) is 12.6 Å². The molecule has 0 aliphatic carbocycles. The number of piperidine rings is 1. The van der Waals surface area contributed by atoms with Crippen LogP contribution in [-0.2, 0) is 9.53 Å². The molecule has 0 aromatic carbocycles. The predicted octanol–water partition coefficient (Wildman–Crippen LogP) is 0.897. The predicted molar refractivity (Wildman–Crippen MR) is 84.3 cm³/mol. The van der Waals surface area contributed by atoms with Gasteiger partial charge in [0, 0.05) is 45.9 Å². The maximum absolute atomic E-state index is 12.3. The van der Waals surface area contributed by atoms with E-state index >= 15 is 0 Å². The van der Waals surface area contributed by atoms with Crippen LogP contribution in [0.15, 0.2) is 0 Å². The van der Waals surface area contributed by atoms with Crippen LogP contribution in [0.25, 0.3) is 0 Å². The van der Waals surface area contributed by atoms with Crippen molar-refractivity contribution in [3.63, 3.8) is 0 Å². The maximum Gasteiger partial charge on any atom is 0.227 e. The summed E-state index contributed by atoms with van der Waals surface area (Å²) in [6.07, 6.45) is 4.02. The SMILES string of the molecule is COC[C@@H](C)C(=O)N1CCN(C[C@@H]2CCCCN2C)CC1. The number of rotatable bonds is 5. The minimum absolute atomic E-state index is 0.0222. The second-order valence-corrected chi connectivity index (χ2v) is 6.61. The Morgan fingerprint density at radius 3 is 2.52 bits per heavy atom. The van der Waals surface area contributed by atoms with Gasteiger partial charge in [0.1, 0.15) is 0 Å². The highest BCUT2D eigenvalue weighted by Gasteiger charge is 2.27. The van der Waals surface area contributed by atoms with Crippen molar-refractivity contribution in [2.75, 3.05) is 60.0 Å². The minimum Gasteiger partial charge on any atom is -0.384 e. The third kappa shape index (κ3) is 4.66. The van der Waals surface area contributed by atoms with Gasteiger partial charge >= 0.3 is 0 Å². The summed E-state index contributed by atoms with van der Waals surface area (Å²) in [7, 11) is 3.90. The van der Waals surface area contributed by atoms with Crippen LogP contribution in [0, 0.1) is 5.92 Å². The minimum atomic E-state index is -0.0222. The number of piperazine rings is 1. The summed E-state index contributed by atoms with van der Waals surface area (Å²) in [4.78, 5) is 19.3. The van der Waals surface area contributed by atoms with Gasteiger partial charge in [-0.15, -0.1) is 0 Å². The first-order valence-corrected chi connectivity index (χ1v) is 8.32. The summed E-state index contributed by atoms with van der Waals surface area (Å²) < 4.78 is 5.09. The number of methoxy groups -OCH3 is 1. The van der Waals surface area contributed by atoms with E-state index in [1.807, 2.05) is 11.8 Å². The molecule has 21 heavy (non-hydrogen) atoms. The Morgan fingerprint density at radius 2 is 1.90 bits per heavy atom. The number of likely N-dealkylation sites (N-methyl/N-ethyl adjacent to an activating group) is 1. The molecule has 0 aromatic heterocycles. The third-order valence-electron chi connectivity index (χ3n) is 4.91. The van der Waals surface area contributed by atoms with Gasteiger partial charge in [0.25, 0.3) is 0 Å². The third-order valence-corrected chi connectivity index (χ3v) is 4.91. The van der Waals surface area contributed by atoms with E-state index in [0.717, 1.165) is 32.7 Å². The van der Waals surface area contributed by atoms with E-state index in [9.17, 15) is 4.79 Å². The van der Waals surface area contributed by atoms with Crippen LogP contribution in [0.4, 0.5) is 0 Å². The fraction of sp³-hybridized carbons (Fsp3) is 0.938. The van der Waals surface area contributed by atoms with E-state index in [1.54, 1.807) is 7.11 Å². The van der Waals surface area contributed by atoms with Crippen LogP contribution < -0.4 is 0 Å². The monoisotopic (exact) mass is 297 g/mol. The van der Waals surface area contributed by atoms with Crippen LogP contribution in [0.3, 0.4) is 0 Å². The first kappa shape index (κ1) is 16.7. The smallest absolute Gasteiger partial charge is 0.227 e. The number of carbonyl (C=O) groups excluding carboxylic acids is 1. The fourth-order valence-electron chi connectivity index (χ4n) is 3.46. The van der Waals surface area contributed by atoms with Gasteiger partial charge in [-0.05, 0) is 26.4 Å². The number of amides is 1. The average Bonchev–Trinajstić information content (AvgIpc) is 2.50. The van der Waals surface area contributed by atoms with Gasteiger partial charge in [0.15, 0.2) is 0 Å². The highest BCUT2D eigenvalue weighted by Crippen LogP contribution is 2.17. The molecule has 5 nitrogen and oxygen atoms in total. The number of carbonyl (C=O) groups is 1. The van der Waals surface area contributed by atoms with Crippen molar-refractivity contribution in [1.29, 1.82) is 0 Å². The molecule has 0 bridgehead atoms. The molecule has 0 spiro atoms. The standard InChI is InChI=1S/C16H31N3O2/c1-14(13-21-3)16(20)19-10-8-18(9-11-19)12-15-6-4-5-7-17(15)2/h14-15H,4-13H2,1-3H3/t14-,15+/m1/s1. The number of ether oxygens (including phenoxy) is 1. The Kier molecular flexibility index (Phi) is 6.45. The van der Waals surface area contributed by atoms with Gasteiger partial charge in [-0.2, -0.15) is 0 Å². The Hall–Kier alpha value is -0.650. The molecular formula is C16H31N3O2. The van der Waals surface area contributed by atoms with Gasteiger partial charge in [0.05, 0.1) is 12.5 Å². The average molecular weight is 297 g/mol. The van der Waals surface area contributed by atoms with Crippen LogP contribution in [0.5, 0.6) is 0 Å². The molecule has 2 heterocycles. The molecule has 0 N–H and O–H groups in total. The van der Waals surface area contributed by atoms with Crippen molar-refractivity contribution >= 4 is 5.91 Å². The van der Waals surface area contributed by atoms with Crippen molar-refractivity contribution in [2.24, 2.45) is 5.92 Å². The maximum atomic E-state index is 12.3. The molecule has 2 saturated heterocycles. The van der Waals surface area contributed by atoms with Crippen LogP contribution in [0.1, 0.15) is 26.2 Å². The van der Waals surface area contributed by atoms with E-state index in [-0.39, 0.29) is 11.8 Å². The van der Waals surface area contributed by atoms with Gasteiger partial charge in [0.2, 0.25) is 5.91 Å². The summed E-state index contributed by atoms with van der Waals surface area (Å²) in [6, 6.07) is 0.702. The molecule has 0 aromatic rings. The summed E-state index contributed by atoms with van der Waals surface area (Å²) >= 11 is 0. The molecule has 2 aliphatic rings. The van der Waals surface area contributed by atoms with E-state index < -0.39 is 0 Å². The summed E-state index contributed by atoms with van der Waals surface area (Å²) in [5.41, 5.74) is 0. The highest BCUT2D eigenvalue weighted by molar-refractivity contribution is 5.78. The van der Waals surface area contributed by atoms with Crippen molar-refractivity contribution in [2.45, 2.75) is 32.2 Å². The Labute approximate surface area is 129 Å². The van der Waals surface area contributed by atoms with E-state index in [1.165, 1.54) is 25.8 Å². The molecule has 2 fully saturated rings. The zero-order valence-electron chi connectivity index (χ0n) is 13.9. The Balaban J connectivity index is 1.74. The zero-order valence-corrected chi connectivity index (χ0v) is 13.9. The number of hydrogen-bond acceptors (Lipinski definition) is 4. The number of hydrogen-bond donors (Lipinski definition) is 0. The molecular weight excluding hydrogens is 266 g/mol. The molecule has 2 rings (SSSR count). The topological polar surface area (TPSA) is 36.0 Å². The quantitative estimate of drug-likeness (QED) is 0.755. The highest BCUT2D eigenvalue weighted by atomic mass is 16.5. The molecule has 2 aliphatic heterocycles. The summed E-state index contributed by atoms with van der Waals surface area (Å²) in [5, 5.41) is 0. The molecule has 5 heteroatoms. The van der Waals surface area contributed by atoms with Crippen LogP contribution in [0.2, 0.25) is 0 Å². The largest absolute Gasteiger partial charge is 0.384 e. The van der Waals surface area contributed by atoms with Gasteiger partial charge in [-0.25, -0.2) is 0 Å². The Morgan fingerprint density at radius 1 is 1.19 bits per heavy atom. The van der Waals surface area contributed by atoms with Crippen molar-refractivity contribution in [1.82, 2.24) is 14.7 Å². The molecule has 1 amide bonds. The van der Waals surface area contributed by atoms with Crippen molar-refractivity contribution in [3.8, 4) is 0 Å². The molecule has 2 atom stereocenters. The van der Waals surface area contributed by atoms with E-state index in [4.69, 9.17) is 4.74 Å².